The zero-order valence-corrected chi connectivity index (χ0v) is 14.9. The number of unbranched alkanes of at least 4 members (excludes halogenated alkanes) is 1. The summed E-state index contributed by atoms with van der Waals surface area (Å²) in [5, 5.41) is 30.0. The minimum absolute atomic E-state index is 0.00863. The molecular formula is C16H25N3O4S. The summed E-state index contributed by atoms with van der Waals surface area (Å²) in [5.74, 6) is -0.195. The highest BCUT2D eigenvalue weighted by Crippen LogP contribution is 2.35. The SMILES string of the molecule is CCCCNC(=O)CCn1c(O)cc(SCCC(=O)C(C)=N)c1O. The molecule has 1 amide bonds. The molecule has 0 bridgehead atoms. The summed E-state index contributed by atoms with van der Waals surface area (Å²) < 4.78 is 1.27. The molecule has 0 spiro atoms. The topological polar surface area (TPSA) is 115 Å². The van der Waals surface area contributed by atoms with Crippen molar-refractivity contribution in [2.75, 3.05) is 12.3 Å². The number of rotatable bonds is 11. The Kier molecular flexibility index (Phi) is 8.39. The van der Waals surface area contributed by atoms with Crippen molar-refractivity contribution in [3.05, 3.63) is 6.07 Å². The lowest BCUT2D eigenvalue weighted by atomic mass is 10.2. The molecule has 1 rings (SSSR count). The predicted molar refractivity (Wildman–Crippen MR) is 94.0 cm³/mol. The van der Waals surface area contributed by atoms with Gasteiger partial charge in [0, 0.05) is 37.8 Å². The molecule has 1 heterocycles. The maximum Gasteiger partial charge on any atom is 0.221 e. The maximum atomic E-state index is 11.7. The van der Waals surface area contributed by atoms with E-state index in [0.29, 0.717) is 17.2 Å². The smallest absolute Gasteiger partial charge is 0.221 e. The van der Waals surface area contributed by atoms with Gasteiger partial charge in [-0.2, -0.15) is 0 Å². The first-order valence-electron chi connectivity index (χ1n) is 7.96. The van der Waals surface area contributed by atoms with E-state index in [-0.39, 0.29) is 48.5 Å². The van der Waals surface area contributed by atoms with Crippen LogP contribution in [0.4, 0.5) is 0 Å². The van der Waals surface area contributed by atoms with Crippen LogP contribution in [0.15, 0.2) is 11.0 Å². The number of amides is 1. The van der Waals surface area contributed by atoms with Crippen molar-refractivity contribution in [3.63, 3.8) is 0 Å². The van der Waals surface area contributed by atoms with Crippen molar-refractivity contribution in [1.82, 2.24) is 9.88 Å². The summed E-state index contributed by atoms with van der Waals surface area (Å²) in [4.78, 5) is 23.5. The minimum atomic E-state index is -0.241. The number of carbonyl (C=O) groups excluding carboxylic acids is 2. The number of aromatic nitrogens is 1. The van der Waals surface area contributed by atoms with Crippen molar-refractivity contribution in [2.24, 2.45) is 0 Å². The third kappa shape index (κ3) is 6.27. The van der Waals surface area contributed by atoms with E-state index in [4.69, 9.17) is 5.41 Å². The lowest BCUT2D eigenvalue weighted by Crippen LogP contribution is -2.25. The van der Waals surface area contributed by atoms with Gasteiger partial charge in [0.15, 0.2) is 11.7 Å². The predicted octanol–water partition coefficient (Wildman–Crippen LogP) is 2.30. The van der Waals surface area contributed by atoms with Crippen molar-refractivity contribution in [1.29, 1.82) is 5.41 Å². The number of ketones is 1. The van der Waals surface area contributed by atoms with Gasteiger partial charge in [0.25, 0.3) is 0 Å². The number of thioether (sulfide) groups is 1. The van der Waals surface area contributed by atoms with Gasteiger partial charge in [0.05, 0.1) is 10.6 Å². The molecule has 0 aliphatic heterocycles. The fourth-order valence-electron chi connectivity index (χ4n) is 1.98. The fraction of sp³-hybridized carbons (Fsp3) is 0.562. The molecule has 0 atom stereocenters. The molecule has 1 aromatic heterocycles. The summed E-state index contributed by atoms with van der Waals surface area (Å²) in [6, 6.07) is 1.41. The van der Waals surface area contributed by atoms with E-state index in [1.54, 1.807) is 0 Å². The molecule has 0 radical (unpaired) electrons. The van der Waals surface area contributed by atoms with E-state index in [0.717, 1.165) is 12.8 Å². The van der Waals surface area contributed by atoms with Gasteiger partial charge in [-0.1, -0.05) is 13.3 Å². The van der Waals surface area contributed by atoms with Crippen LogP contribution in [0.3, 0.4) is 0 Å². The van der Waals surface area contributed by atoms with Gasteiger partial charge in [0.1, 0.15) is 0 Å². The Morgan fingerprint density at radius 3 is 2.67 bits per heavy atom. The van der Waals surface area contributed by atoms with Crippen LogP contribution >= 0.6 is 11.8 Å². The molecule has 8 heteroatoms. The Morgan fingerprint density at radius 2 is 2.04 bits per heavy atom. The highest BCUT2D eigenvalue weighted by atomic mass is 32.2. The molecule has 0 aliphatic carbocycles. The molecule has 1 aromatic rings. The van der Waals surface area contributed by atoms with E-state index in [1.807, 2.05) is 6.92 Å². The van der Waals surface area contributed by atoms with Gasteiger partial charge < -0.3 is 20.9 Å². The van der Waals surface area contributed by atoms with Crippen LogP contribution in [0, 0.1) is 5.41 Å². The summed E-state index contributed by atoms with van der Waals surface area (Å²) in [7, 11) is 0. The molecule has 7 nitrogen and oxygen atoms in total. The third-order valence-electron chi connectivity index (χ3n) is 3.43. The summed E-state index contributed by atoms with van der Waals surface area (Å²) >= 11 is 1.23. The van der Waals surface area contributed by atoms with Gasteiger partial charge in [-0.05, 0) is 13.3 Å². The number of aromatic hydroxyl groups is 2. The van der Waals surface area contributed by atoms with E-state index in [2.05, 4.69) is 5.32 Å². The Bertz CT molecular complexity index is 598. The number of carbonyl (C=O) groups is 2. The molecule has 134 valence electrons. The minimum Gasteiger partial charge on any atom is -0.494 e. The van der Waals surface area contributed by atoms with Gasteiger partial charge in [-0.25, -0.2) is 0 Å². The summed E-state index contributed by atoms with van der Waals surface area (Å²) in [5.41, 5.74) is 0.00863. The number of hydrogen-bond donors (Lipinski definition) is 4. The van der Waals surface area contributed by atoms with Crippen LogP contribution in [-0.2, 0) is 16.1 Å². The molecular weight excluding hydrogens is 330 g/mol. The molecule has 0 aliphatic rings. The molecule has 0 fully saturated rings. The van der Waals surface area contributed by atoms with Gasteiger partial charge in [-0.15, -0.1) is 11.8 Å². The number of Topliss-reactive ketones (excluding diaryl/α,β-unsaturated/α-hetero) is 1. The van der Waals surface area contributed by atoms with E-state index < -0.39 is 0 Å². The standard InChI is InChI=1S/C16H25N3O4S/c1-3-4-7-18-14(21)5-8-19-15(22)10-13(16(19)23)24-9-6-12(20)11(2)17/h10,17,22-23H,3-9H2,1-2H3,(H,18,21). The third-order valence-corrected chi connectivity index (χ3v) is 4.45. The molecule has 4 N–H and O–H groups in total. The second-order valence-electron chi connectivity index (χ2n) is 5.44. The Labute approximate surface area is 145 Å². The number of nitrogens with one attached hydrogen (secondary N) is 2. The highest BCUT2D eigenvalue weighted by molar-refractivity contribution is 7.99. The molecule has 0 aromatic carbocycles. The lowest BCUT2D eigenvalue weighted by Gasteiger charge is -2.08. The second-order valence-corrected chi connectivity index (χ2v) is 6.58. The van der Waals surface area contributed by atoms with E-state index >= 15 is 0 Å². The normalized spacial score (nSPS) is 10.6. The van der Waals surface area contributed by atoms with E-state index in [1.165, 1.54) is 29.3 Å². The zero-order chi connectivity index (χ0) is 18.1. The first kappa shape index (κ1) is 20.1. The van der Waals surface area contributed by atoms with Crippen LogP contribution in [0.1, 0.15) is 39.5 Å². The average molecular weight is 355 g/mol. The quantitative estimate of drug-likeness (QED) is 0.276. The highest BCUT2D eigenvalue weighted by Gasteiger charge is 2.16. The van der Waals surface area contributed by atoms with Crippen LogP contribution in [0.25, 0.3) is 0 Å². The van der Waals surface area contributed by atoms with Crippen molar-refractivity contribution < 1.29 is 19.8 Å². The van der Waals surface area contributed by atoms with Crippen molar-refractivity contribution in [2.45, 2.75) is 51.0 Å². The van der Waals surface area contributed by atoms with Crippen LogP contribution in [0.5, 0.6) is 11.8 Å². The van der Waals surface area contributed by atoms with Crippen LogP contribution in [0.2, 0.25) is 0 Å². The first-order chi connectivity index (χ1) is 11.4. The number of nitrogens with zero attached hydrogens (tertiary/aromatic N) is 1. The first-order valence-corrected chi connectivity index (χ1v) is 8.94. The molecule has 0 saturated carbocycles. The zero-order valence-electron chi connectivity index (χ0n) is 14.1. The largest absolute Gasteiger partial charge is 0.494 e. The lowest BCUT2D eigenvalue weighted by molar-refractivity contribution is -0.121. The Hall–Kier alpha value is -1.96. The van der Waals surface area contributed by atoms with Gasteiger partial charge in [0.2, 0.25) is 11.8 Å². The van der Waals surface area contributed by atoms with Crippen LogP contribution < -0.4 is 5.32 Å². The van der Waals surface area contributed by atoms with Crippen molar-refractivity contribution in [3.8, 4) is 11.8 Å². The monoisotopic (exact) mass is 355 g/mol. The van der Waals surface area contributed by atoms with E-state index in [9.17, 15) is 19.8 Å². The maximum absolute atomic E-state index is 11.7. The average Bonchev–Trinajstić information content (AvgIpc) is 2.79. The molecule has 24 heavy (non-hydrogen) atoms. The Morgan fingerprint density at radius 1 is 1.33 bits per heavy atom. The number of hydrogen-bond acceptors (Lipinski definition) is 6. The summed E-state index contributed by atoms with van der Waals surface area (Å²) in [6.45, 7) is 4.28. The van der Waals surface area contributed by atoms with Gasteiger partial charge in [-0.3, -0.25) is 14.2 Å². The summed E-state index contributed by atoms with van der Waals surface area (Å²) in [6.07, 6.45) is 2.28. The van der Waals surface area contributed by atoms with Crippen LogP contribution in [-0.4, -0.2) is 44.5 Å². The fourth-order valence-corrected chi connectivity index (χ4v) is 2.91. The second kappa shape index (κ2) is 10.0. The van der Waals surface area contributed by atoms with Gasteiger partial charge >= 0.3 is 0 Å². The molecule has 0 saturated heterocycles. The Balaban J connectivity index is 2.52. The molecule has 0 unspecified atom stereocenters. The van der Waals surface area contributed by atoms with Crippen molar-refractivity contribution >= 4 is 29.2 Å².